The van der Waals surface area contributed by atoms with Crippen LogP contribution in [0.1, 0.15) is 0 Å². The SMILES string of the molecule is Cn1nc(-c2cc(S)c(Cl)cc2F)c(Cl)c1S(C)(=O)=O. The molecule has 0 aliphatic carbocycles. The molecular formula is C11H9Cl2FN2O2S2. The third-order valence-electron chi connectivity index (χ3n) is 2.58. The van der Waals surface area contributed by atoms with Crippen molar-refractivity contribution in [2.24, 2.45) is 7.05 Å². The molecule has 4 nitrogen and oxygen atoms in total. The Bertz CT molecular complexity index is 803. The maximum Gasteiger partial charge on any atom is 0.193 e. The predicted molar refractivity (Wildman–Crippen MR) is 79.0 cm³/mol. The van der Waals surface area contributed by atoms with Gasteiger partial charge in [-0.1, -0.05) is 23.2 Å². The maximum absolute atomic E-state index is 14.0. The van der Waals surface area contributed by atoms with Gasteiger partial charge in [0.2, 0.25) is 0 Å². The highest BCUT2D eigenvalue weighted by Crippen LogP contribution is 2.36. The molecule has 0 unspecified atom stereocenters. The average molecular weight is 355 g/mol. The standard InChI is InChI=1S/C11H9Cl2FN2O2S2/c1-16-11(20(2,17)18)9(13)10(15-16)5-3-8(19)6(12)4-7(5)14/h3-4,19H,1-2H3. The van der Waals surface area contributed by atoms with Crippen LogP contribution in [0.3, 0.4) is 0 Å². The third-order valence-corrected chi connectivity index (χ3v) is 5.04. The summed E-state index contributed by atoms with van der Waals surface area (Å²) in [4.78, 5) is 0.339. The molecule has 1 aromatic carbocycles. The van der Waals surface area contributed by atoms with Crippen LogP contribution in [-0.2, 0) is 16.9 Å². The summed E-state index contributed by atoms with van der Waals surface area (Å²) in [7, 11) is -2.16. The van der Waals surface area contributed by atoms with Gasteiger partial charge in [-0.05, 0) is 12.1 Å². The normalized spacial score (nSPS) is 11.9. The Morgan fingerprint density at radius 2 is 1.95 bits per heavy atom. The van der Waals surface area contributed by atoms with Gasteiger partial charge >= 0.3 is 0 Å². The van der Waals surface area contributed by atoms with Crippen LogP contribution in [0.25, 0.3) is 11.3 Å². The van der Waals surface area contributed by atoms with Crippen LogP contribution in [-0.4, -0.2) is 24.5 Å². The number of aromatic nitrogens is 2. The van der Waals surface area contributed by atoms with Crippen LogP contribution in [0.4, 0.5) is 4.39 Å². The maximum atomic E-state index is 14.0. The van der Waals surface area contributed by atoms with Crippen molar-refractivity contribution in [3.8, 4) is 11.3 Å². The van der Waals surface area contributed by atoms with E-state index in [1.54, 1.807) is 0 Å². The molecule has 1 heterocycles. The first-order valence-corrected chi connectivity index (χ1v) is 8.33. The van der Waals surface area contributed by atoms with Gasteiger partial charge in [0.05, 0.1) is 5.02 Å². The Morgan fingerprint density at radius 3 is 2.45 bits per heavy atom. The summed E-state index contributed by atoms with van der Waals surface area (Å²) >= 11 is 15.9. The third kappa shape index (κ3) is 2.67. The van der Waals surface area contributed by atoms with E-state index in [2.05, 4.69) is 17.7 Å². The fourth-order valence-corrected chi connectivity index (χ4v) is 3.75. The fourth-order valence-electron chi connectivity index (χ4n) is 1.78. The van der Waals surface area contributed by atoms with E-state index >= 15 is 0 Å². The lowest BCUT2D eigenvalue weighted by atomic mass is 10.1. The number of hydrogen-bond acceptors (Lipinski definition) is 4. The summed E-state index contributed by atoms with van der Waals surface area (Å²) in [5.74, 6) is -0.659. The van der Waals surface area contributed by atoms with Gasteiger partial charge < -0.3 is 0 Å². The van der Waals surface area contributed by atoms with Crippen molar-refractivity contribution in [1.29, 1.82) is 0 Å². The van der Waals surface area contributed by atoms with Gasteiger partial charge in [-0.25, -0.2) is 12.8 Å². The molecule has 2 aromatic rings. The van der Waals surface area contributed by atoms with Crippen LogP contribution in [0.2, 0.25) is 10.0 Å². The topological polar surface area (TPSA) is 52.0 Å². The van der Waals surface area contributed by atoms with E-state index in [1.165, 1.54) is 13.1 Å². The van der Waals surface area contributed by atoms with Gasteiger partial charge in [0.15, 0.2) is 14.9 Å². The van der Waals surface area contributed by atoms with Gasteiger partial charge in [-0.15, -0.1) is 12.6 Å². The van der Waals surface area contributed by atoms with Crippen LogP contribution < -0.4 is 0 Å². The number of benzene rings is 1. The molecule has 0 radical (unpaired) electrons. The summed E-state index contributed by atoms with van der Waals surface area (Å²) in [6, 6.07) is 2.42. The lowest BCUT2D eigenvalue weighted by Gasteiger charge is -2.03. The first kappa shape index (κ1) is 15.6. The molecule has 0 fully saturated rings. The number of hydrogen-bond donors (Lipinski definition) is 1. The summed E-state index contributed by atoms with van der Waals surface area (Å²) in [6.07, 6.45) is 1.00. The second-order valence-electron chi connectivity index (χ2n) is 4.15. The molecule has 0 saturated heterocycles. The summed E-state index contributed by atoms with van der Waals surface area (Å²) < 4.78 is 38.4. The van der Waals surface area contributed by atoms with E-state index in [9.17, 15) is 12.8 Å². The highest BCUT2D eigenvalue weighted by molar-refractivity contribution is 7.90. The molecule has 0 aliphatic heterocycles. The second-order valence-corrected chi connectivity index (χ2v) is 7.34. The first-order valence-electron chi connectivity index (χ1n) is 5.24. The minimum absolute atomic E-state index is 0.0269. The molecule has 0 aliphatic rings. The van der Waals surface area contributed by atoms with Crippen molar-refractivity contribution in [1.82, 2.24) is 9.78 Å². The van der Waals surface area contributed by atoms with Gasteiger partial charge in [-0.2, -0.15) is 5.10 Å². The zero-order valence-corrected chi connectivity index (χ0v) is 13.6. The number of thiol groups is 1. The smallest absolute Gasteiger partial charge is 0.193 e. The van der Waals surface area contributed by atoms with Gasteiger partial charge in [0, 0.05) is 23.8 Å². The summed E-state index contributed by atoms with van der Waals surface area (Å²) in [5, 5.41) is 3.80. The van der Waals surface area contributed by atoms with Crippen molar-refractivity contribution < 1.29 is 12.8 Å². The van der Waals surface area contributed by atoms with Crippen LogP contribution in [0, 0.1) is 5.82 Å². The number of aryl methyl sites for hydroxylation is 1. The van der Waals surface area contributed by atoms with E-state index in [0.717, 1.165) is 17.0 Å². The van der Waals surface area contributed by atoms with Crippen molar-refractivity contribution in [2.75, 3.05) is 6.26 Å². The molecule has 0 saturated carbocycles. The molecule has 1 aromatic heterocycles. The fraction of sp³-hybridized carbons (Fsp3) is 0.182. The molecule has 20 heavy (non-hydrogen) atoms. The molecule has 2 rings (SSSR count). The molecular weight excluding hydrogens is 346 g/mol. The minimum Gasteiger partial charge on any atom is -0.255 e. The van der Waals surface area contributed by atoms with Crippen molar-refractivity contribution >= 4 is 45.7 Å². The van der Waals surface area contributed by atoms with Crippen LogP contribution >= 0.6 is 35.8 Å². The van der Waals surface area contributed by atoms with Crippen molar-refractivity contribution in [3.63, 3.8) is 0 Å². The molecule has 0 atom stereocenters. The molecule has 0 spiro atoms. The van der Waals surface area contributed by atoms with E-state index in [0.29, 0.717) is 4.90 Å². The lowest BCUT2D eigenvalue weighted by molar-refractivity contribution is 0.583. The minimum atomic E-state index is -3.58. The second kappa shape index (κ2) is 5.22. The highest BCUT2D eigenvalue weighted by Gasteiger charge is 2.25. The van der Waals surface area contributed by atoms with Gasteiger partial charge in [0.25, 0.3) is 0 Å². The Hall–Kier alpha value is -0.760. The van der Waals surface area contributed by atoms with E-state index in [1.807, 2.05) is 0 Å². The van der Waals surface area contributed by atoms with Crippen LogP contribution in [0.5, 0.6) is 0 Å². The number of nitrogens with zero attached hydrogens (tertiary/aromatic N) is 2. The van der Waals surface area contributed by atoms with E-state index in [-0.39, 0.29) is 26.3 Å². The molecule has 0 bridgehead atoms. The predicted octanol–water partition coefficient (Wildman–Crippen LogP) is 3.23. The number of halogens is 3. The Balaban J connectivity index is 2.76. The Morgan fingerprint density at radius 1 is 1.35 bits per heavy atom. The highest BCUT2D eigenvalue weighted by atomic mass is 35.5. The van der Waals surface area contributed by atoms with Crippen LogP contribution in [0.15, 0.2) is 22.1 Å². The lowest BCUT2D eigenvalue weighted by Crippen LogP contribution is -2.05. The summed E-state index contributed by atoms with van der Waals surface area (Å²) in [5.41, 5.74) is 0.0639. The first-order chi connectivity index (χ1) is 9.12. The zero-order chi connectivity index (χ0) is 15.2. The average Bonchev–Trinajstić information content (AvgIpc) is 2.58. The summed E-state index contributed by atoms with van der Waals surface area (Å²) in [6.45, 7) is 0. The van der Waals surface area contributed by atoms with Crippen molar-refractivity contribution in [2.45, 2.75) is 9.92 Å². The molecule has 9 heteroatoms. The van der Waals surface area contributed by atoms with E-state index < -0.39 is 15.7 Å². The van der Waals surface area contributed by atoms with Gasteiger partial charge in [0.1, 0.15) is 16.5 Å². The van der Waals surface area contributed by atoms with Gasteiger partial charge in [-0.3, -0.25) is 4.68 Å². The quantitative estimate of drug-likeness (QED) is 0.842. The van der Waals surface area contributed by atoms with Crippen molar-refractivity contribution in [3.05, 3.63) is 28.0 Å². The monoisotopic (exact) mass is 354 g/mol. The number of rotatable bonds is 2. The number of sulfone groups is 1. The van der Waals surface area contributed by atoms with E-state index in [4.69, 9.17) is 23.2 Å². The molecule has 108 valence electrons. The molecule has 0 N–H and O–H groups in total. The Kier molecular flexibility index (Phi) is 4.07. The largest absolute Gasteiger partial charge is 0.255 e. The Labute approximate surface area is 130 Å². The molecule has 0 amide bonds. The zero-order valence-electron chi connectivity index (χ0n) is 10.4.